The van der Waals surface area contributed by atoms with Crippen molar-refractivity contribution in [1.29, 1.82) is 5.26 Å². The third kappa shape index (κ3) is 5.16. The van der Waals surface area contributed by atoms with Gasteiger partial charge in [-0.3, -0.25) is 4.79 Å². The number of nitrogens with zero attached hydrogens (tertiary/aromatic N) is 1. The zero-order valence-corrected chi connectivity index (χ0v) is 14.9. The summed E-state index contributed by atoms with van der Waals surface area (Å²) >= 11 is 3.22. The fraction of sp³-hybridized carbons (Fsp3) is 0.125. The maximum absolute atomic E-state index is 12.1. The largest absolute Gasteiger partial charge is 0.326 e. The van der Waals surface area contributed by atoms with Crippen molar-refractivity contribution < 1.29 is 13.2 Å². The quantitative estimate of drug-likeness (QED) is 0.768. The number of rotatable bonds is 6. The van der Waals surface area contributed by atoms with E-state index in [1.807, 2.05) is 6.07 Å². The number of nitriles is 1. The van der Waals surface area contributed by atoms with Gasteiger partial charge in [-0.15, -0.1) is 0 Å². The predicted molar refractivity (Wildman–Crippen MR) is 93.7 cm³/mol. The second kappa shape index (κ2) is 8.06. The molecule has 0 bridgehead atoms. The molecule has 0 radical (unpaired) electrons. The molecule has 2 aromatic carbocycles. The van der Waals surface area contributed by atoms with Crippen LogP contribution in [0.4, 0.5) is 5.69 Å². The molecule has 124 valence electrons. The number of nitrogens with one attached hydrogen (secondary N) is 2. The average Bonchev–Trinajstić information content (AvgIpc) is 2.55. The molecule has 1 amide bonds. The van der Waals surface area contributed by atoms with Crippen LogP contribution < -0.4 is 10.0 Å². The zero-order valence-electron chi connectivity index (χ0n) is 12.5. The van der Waals surface area contributed by atoms with Crippen molar-refractivity contribution in [2.45, 2.75) is 11.3 Å². The van der Waals surface area contributed by atoms with Crippen LogP contribution in [0.1, 0.15) is 12.0 Å². The topological polar surface area (TPSA) is 99.1 Å². The molecule has 2 N–H and O–H groups in total. The Balaban J connectivity index is 1.89. The van der Waals surface area contributed by atoms with Gasteiger partial charge in [-0.2, -0.15) is 5.26 Å². The van der Waals surface area contributed by atoms with E-state index in [9.17, 15) is 13.2 Å². The maximum Gasteiger partial charge on any atom is 0.240 e. The lowest BCUT2D eigenvalue weighted by Crippen LogP contribution is -2.27. The molecule has 0 unspecified atom stereocenters. The molecular weight excluding hydrogens is 394 g/mol. The van der Waals surface area contributed by atoms with Gasteiger partial charge in [0.05, 0.1) is 16.5 Å². The van der Waals surface area contributed by atoms with Gasteiger partial charge < -0.3 is 5.32 Å². The summed E-state index contributed by atoms with van der Waals surface area (Å²) < 4.78 is 27.2. The summed E-state index contributed by atoms with van der Waals surface area (Å²) in [5, 5.41) is 11.4. The Labute approximate surface area is 148 Å². The summed E-state index contributed by atoms with van der Waals surface area (Å²) in [6.45, 7) is -0.0291. The van der Waals surface area contributed by atoms with Gasteiger partial charge in [-0.1, -0.05) is 28.1 Å². The van der Waals surface area contributed by atoms with Gasteiger partial charge >= 0.3 is 0 Å². The first-order valence-corrected chi connectivity index (χ1v) is 9.23. The van der Waals surface area contributed by atoms with Gasteiger partial charge in [-0.05, 0) is 36.4 Å². The first kappa shape index (κ1) is 18.1. The lowest BCUT2D eigenvalue weighted by molar-refractivity contribution is -0.116. The second-order valence-electron chi connectivity index (χ2n) is 4.85. The van der Waals surface area contributed by atoms with E-state index < -0.39 is 10.0 Å². The van der Waals surface area contributed by atoms with Crippen molar-refractivity contribution in [1.82, 2.24) is 4.72 Å². The molecule has 0 spiro atoms. The van der Waals surface area contributed by atoms with Crippen LogP contribution in [-0.2, 0) is 14.8 Å². The Kier molecular flexibility index (Phi) is 6.09. The lowest BCUT2D eigenvalue weighted by atomic mass is 10.2. The van der Waals surface area contributed by atoms with Crippen LogP contribution in [-0.4, -0.2) is 20.9 Å². The van der Waals surface area contributed by atoms with Gasteiger partial charge in [-0.25, -0.2) is 13.1 Å². The van der Waals surface area contributed by atoms with Crippen molar-refractivity contribution in [3.8, 4) is 6.07 Å². The number of amides is 1. The highest BCUT2D eigenvalue weighted by Crippen LogP contribution is 2.16. The van der Waals surface area contributed by atoms with Crippen molar-refractivity contribution in [2.75, 3.05) is 11.9 Å². The molecule has 0 aliphatic carbocycles. The Bertz CT molecular complexity index is 891. The highest BCUT2D eigenvalue weighted by Gasteiger charge is 2.14. The average molecular weight is 408 g/mol. The van der Waals surface area contributed by atoms with Gasteiger partial charge in [0.15, 0.2) is 0 Å². The number of hydrogen-bond acceptors (Lipinski definition) is 4. The molecule has 2 rings (SSSR count). The number of anilines is 1. The molecule has 0 fully saturated rings. The summed E-state index contributed by atoms with van der Waals surface area (Å²) in [4.78, 5) is 12.0. The first-order valence-electron chi connectivity index (χ1n) is 6.96. The van der Waals surface area contributed by atoms with Crippen molar-refractivity contribution in [3.05, 3.63) is 58.6 Å². The van der Waals surface area contributed by atoms with Gasteiger partial charge in [0, 0.05) is 23.1 Å². The number of carbonyl (C=O) groups excluding carboxylic acids is 1. The Hall–Kier alpha value is -2.21. The second-order valence-corrected chi connectivity index (χ2v) is 7.53. The monoisotopic (exact) mass is 407 g/mol. The van der Waals surface area contributed by atoms with E-state index in [1.54, 1.807) is 36.4 Å². The molecule has 0 heterocycles. The van der Waals surface area contributed by atoms with Gasteiger partial charge in [0.1, 0.15) is 0 Å². The summed E-state index contributed by atoms with van der Waals surface area (Å²) in [5.74, 6) is -0.345. The van der Waals surface area contributed by atoms with E-state index >= 15 is 0 Å². The minimum atomic E-state index is -3.67. The number of carbonyl (C=O) groups is 1. The van der Waals surface area contributed by atoms with Crippen LogP contribution in [0.2, 0.25) is 0 Å². The highest BCUT2D eigenvalue weighted by atomic mass is 79.9. The molecule has 6 nitrogen and oxygen atoms in total. The third-order valence-electron chi connectivity index (χ3n) is 3.03. The maximum atomic E-state index is 12.1. The van der Waals surface area contributed by atoms with Crippen LogP contribution in [0.25, 0.3) is 0 Å². The summed E-state index contributed by atoms with van der Waals surface area (Å²) in [7, 11) is -3.67. The van der Waals surface area contributed by atoms with Gasteiger partial charge in [0.2, 0.25) is 15.9 Å². The zero-order chi connectivity index (χ0) is 17.6. The van der Waals surface area contributed by atoms with Crippen molar-refractivity contribution in [2.24, 2.45) is 0 Å². The highest BCUT2D eigenvalue weighted by molar-refractivity contribution is 9.10. The summed E-state index contributed by atoms with van der Waals surface area (Å²) in [6, 6.07) is 14.8. The van der Waals surface area contributed by atoms with Gasteiger partial charge in [0.25, 0.3) is 0 Å². The summed E-state index contributed by atoms with van der Waals surface area (Å²) in [5.41, 5.74) is 0.928. The van der Waals surface area contributed by atoms with Crippen LogP contribution in [0.5, 0.6) is 0 Å². The van der Waals surface area contributed by atoms with E-state index in [4.69, 9.17) is 5.26 Å². The normalized spacial score (nSPS) is 10.8. The molecule has 0 aromatic heterocycles. The SMILES string of the molecule is N#Cc1cccc(NC(=O)CCNS(=O)(=O)c2cccc(Br)c2)c1. The van der Waals surface area contributed by atoms with E-state index in [0.717, 1.165) is 0 Å². The van der Waals surface area contributed by atoms with E-state index in [-0.39, 0.29) is 23.8 Å². The van der Waals surface area contributed by atoms with Crippen LogP contribution >= 0.6 is 15.9 Å². The van der Waals surface area contributed by atoms with E-state index in [2.05, 4.69) is 26.0 Å². The van der Waals surface area contributed by atoms with Crippen LogP contribution in [0.15, 0.2) is 57.9 Å². The predicted octanol–water partition coefficient (Wildman–Crippen LogP) is 2.63. The number of halogens is 1. The molecular formula is C16H14BrN3O3S. The molecule has 24 heavy (non-hydrogen) atoms. The lowest BCUT2D eigenvalue weighted by Gasteiger charge is -2.08. The number of hydrogen-bond donors (Lipinski definition) is 2. The van der Waals surface area contributed by atoms with Crippen molar-refractivity contribution >= 4 is 37.5 Å². The van der Waals surface area contributed by atoms with Crippen LogP contribution in [0, 0.1) is 11.3 Å². The molecule has 0 aliphatic rings. The smallest absolute Gasteiger partial charge is 0.240 e. The van der Waals surface area contributed by atoms with Crippen LogP contribution in [0.3, 0.4) is 0 Å². The number of benzene rings is 2. The molecule has 2 aromatic rings. The molecule has 0 atom stereocenters. The third-order valence-corrected chi connectivity index (χ3v) is 4.98. The fourth-order valence-electron chi connectivity index (χ4n) is 1.91. The molecule has 8 heteroatoms. The Morgan fingerprint density at radius 2 is 1.92 bits per heavy atom. The molecule has 0 saturated carbocycles. The summed E-state index contributed by atoms with van der Waals surface area (Å²) in [6.07, 6.45) is -0.0238. The minimum Gasteiger partial charge on any atom is -0.326 e. The minimum absolute atomic E-state index is 0.0238. The first-order chi connectivity index (χ1) is 11.4. The molecule has 0 aliphatic heterocycles. The van der Waals surface area contributed by atoms with E-state index in [1.165, 1.54) is 12.1 Å². The Morgan fingerprint density at radius 3 is 2.62 bits per heavy atom. The number of sulfonamides is 1. The van der Waals surface area contributed by atoms with E-state index in [0.29, 0.717) is 15.7 Å². The molecule has 0 saturated heterocycles. The Morgan fingerprint density at radius 1 is 1.17 bits per heavy atom. The fourth-order valence-corrected chi connectivity index (χ4v) is 3.53. The standard InChI is InChI=1S/C16H14BrN3O3S/c17-13-4-2-6-15(10-13)24(22,23)19-8-7-16(21)20-14-5-1-3-12(9-14)11-18/h1-6,9-10,19H,7-8H2,(H,20,21). The van der Waals surface area contributed by atoms with Crippen molar-refractivity contribution in [3.63, 3.8) is 0 Å².